The molecule has 4 nitrogen and oxygen atoms in total. The summed E-state index contributed by atoms with van der Waals surface area (Å²) < 4.78 is 0. The standard InChI is InChI=1S/C11H24N2O2/c1-8(2)9(7-14)13-10(15)6-12-11(3,4)5/h8-9,12,14H,6-7H2,1-5H3,(H,13,15)/t9-/m1/s1. The fraction of sp³-hybridized carbons (Fsp3) is 0.909. The Labute approximate surface area is 92.4 Å². The van der Waals surface area contributed by atoms with Crippen LogP contribution in [0.4, 0.5) is 0 Å². The second-order valence-corrected chi connectivity index (χ2v) is 5.20. The van der Waals surface area contributed by atoms with Crippen molar-refractivity contribution in [1.29, 1.82) is 0 Å². The molecule has 0 saturated heterocycles. The van der Waals surface area contributed by atoms with Gasteiger partial charge >= 0.3 is 0 Å². The molecule has 3 N–H and O–H groups in total. The van der Waals surface area contributed by atoms with Crippen molar-refractivity contribution >= 4 is 5.91 Å². The second kappa shape index (κ2) is 6.08. The summed E-state index contributed by atoms with van der Waals surface area (Å²) in [5.41, 5.74) is -0.0656. The molecule has 0 aromatic heterocycles. The van der Waals surface area contributed by atoms with E-state index >= 15 is 0 Å². The van der Waals surface area contributed by atoms with E-state index in [1.54, 1.807) is 0 Å². The van der Waals surface area contributed by atoms with Crippen molar-refractivity contribution in [2.45, 2.75) is 46.2 Å². The molecule has 1 atom stereocenters. The first-order chi connectivity index (χ1) is 6.76. The number of nitrogens with one attached hydrogen (secondary N) is 2. The van der Waals surface area contributed by atoms with Crippen LogP contribution < -0.4 is 10.6 Å². The summed E-state index contributed by atoms with van der Waals surface area (Å²) in [7, 11) is 0. The van der Waals surface area contributed by atoms with Crippen molar-refractivity contribution in [3.8, 4) is 0 Å². The summed E-state index contributed by atoms with van der Waals surface area (Å²) in [6.07, 6.45) is 0. The first-order valence-electron chi connectivity index (χ1n) is 5.41. The zero-order valence-electron chi connectivity index (χ0n) is 10.4. The maximum absolute atomic E-state index is 11.5. The van der Waals surface area contributed by atoms with Crippen molar-refractivity contribution in [1.82, 2.24) is 10.6 Å². The SMILES string of the molecule is CC(C)[C@@H](CO)NC(=O)CNC(C)(C)C. The molecule has 0 aliphatic carbocycles. The lowest BCUT2D eigenvalue weighted by Gasteiger charge is -2.23. The van der Waals surface area contributed by atoms with Gasteiger partial charge in [0.2, 0.25) is 5.91 Å². The molecule has 1 amide bonds. The Morgan fingerprint density at radius 3 is 2.20 bits per heavy atom. The highest BCUT2D eigenvalue weighted by Crippen LogP contribution is 2.00. The van der Waals surface area contributed by atoms with Crippen LogP contribution in [0.3, 0.4) is 0 Å². The van der Waals surface area contributed by atoms with E-state index < -0.39 is 0 Å². The molecule has 0 spiro atoms. The summed E-state index contributed by atoms with van der Waals surface area (Å²) in [6, 6.07) is -0.153. The van der Waals surface area contributed by atoms with E-state index in [0.717, 1.165) is 0 Å². The Hall–Kier alpha value is -0.610. The average Bonchev–Trinajstić information content (AvgIpc) is 2.09. The Morgan fingerprint density at radius 2 is 1.87 bits per heavy atom. The Kier molecular flexibility index (Phi) is 5.83. The van der Waals surface area contributed by atoms with Gasteiger partial charge in [-0.3, -0.25) is 4.79 Å². The van der Waals surface area contributed by atoms with Gasteiger partial charge in [0.1, 0.15) is 0 Å². The number of aliphatic hydroxyl groups excluding tert-OH is 1. The van der Waals surface area contributed by atoms with E-state index in [2.05, 4.69) is 10.6 Å². The molecule has 15 heavy (non-hydrogen) atoms. The van der Waals surface area contributed by atoms with Gasteiger partial charge in [0.15, 0.2) is 0 Å². The third-order valence-electron chi connectivity index (χ3n) is 2.13. The number of hydrogen-bond donors (Lipinski definition) is 3. The van der Waals surface area contributed by atoms with Gasteiger partial charge in [-0.15, -0.1) is 0 Å². The third-order valence-corrected chi connectivity index (χ3v) is 2.13. The molecular weight excluding hydrogens is 192 g/mol. The van der Waals surface area contributed by atoms with Gasteiger partial charge in [0.25, 0.3) is 0 Å². The van der Waals surface area contributed by atoms with Crippen LogP contribution in [0, 0.1) is 5.92 Å². The molecule has 0 heterocycles. The van der Waals surface area contributed by atoms with E-state index in [4.69, 9.17) is 5.11 Å². The van der Waals surface area contributed by atoms with Gasteiger partial charge in [-0.05, 0) is 26.7 Å². The highest BCUT2D eigenvalue weighted by Gasteiger charge is 2.16. The molecule has 0 rings (SSSR count). The molecule has 0 aliphatic heterocycles. The van der Waals surface area contributed by atoms with Crippen molar-refractivity contribution in [2.75, 3.05) is 13.2 Å². The highest BCUT2D eigenvalue weighted by atomic mass is 16.3. The Balaban J connectivity index is 3.92. The van der Waals surface area contributed by atoms with Gasteiger partial charge in [-0.2, -0.15) is 0 Å². The van der Waals surface area contributed by atoms with Crippen LogP contribution in [0.5, 0.6) is 0 Å². The zero-order valence-corrected chi connectivity index (χ0v) is 10.4. The molecule has 0 aliphatic rings. The van der Waals surface area contributed by atoms with Gasteiger partial charge in [0.05, 0.1) is 19.2 Å². The maximum atomic E-state index is 11.5. The van der Waals surface area contributed by atoms with Crippen LogP contribution in [0.25, 0.3) is 0 Å². The predicted octanol–water partition coefficient (Wildman–Crippen LogP) is 0.508. The number of rotatable bonds is 5. The van der Waals surface area contributed by atoms with Crippen LogP contribution in [0.15, 0.2) is 0 Å². The van der Waals surface area contributed by atoms with Crippen LogP contribution >= 0.6 is 0 Å². The van der Waals surface area contributed by atoms with Crippen molar-refractivity contribution in [3.05, 3.63) is 0 Å². The molecule has 4 heteroatoms. The fourth-order valence-corrected chi connectivity index (χ4v) is 1.03. The minimum absolute atomic E-state index is 0.0150. The lowest BCUT2D eigenvalue weighted by atomic mass is 10.1. The van der Waals surface area contributed by atoms with E-state index in [0.29, 0.717) is 0 Å². The van der Waals surface area contributed by atoms with Gasteiger partial charge < -0.3 is 15.7 Å². The molecule has 0 aromatic rings. The molecule has 0 unspecified atom stereocenters. The molecule has 0 aromatic carbocycles. The van der Waals surface area contributed by atoms with Crippen LogP contribution in [-0.2, 0) is 4.79 Å². The molecular formula is C11H24N2O2. The summed E-state index contributed by atoms with van der Waals surface area (Å²) in [5.74, 6) is 0.172. The van der Waals surface area contributed by atoms with Crippen molar-refractivity contribution < 1.29 is 9.90 Å². The smallest absolute Gasteiger partial charge is 0.234 e. The summed E-state index contributed by atoms with van der Waals surface area (Å²) >= 11 is 0. The zero-order chi connectivity index (χ0) is 12.1. The molecule has 0 radical (unpaired) electrons. The van der Waals surface area contributed by atoms with E-state index in [-0.39, 0.29) is 36.6 Å². The summed E-state index contributed by atoms with van der Waals surface area (Å²) in [6.45, 7) is 10.2. The Morgan fingerprint density at radius 1 is 1.33 bits per heavy atom. The number of amides is 1. The highest BCUT2D eigenvalue weighted by molar-refractivity contribution is 5.78. The lowest BCUT2D eigenvalue weighted by Crippen LogP contribution is -2.48. The topological polar surface area (TPSA) is 61.4 Å². The van der Waals surface area contributed by atoms with Crippen LogP contribution in [0.2, 0.25) is 0 Å². The average molecular weight is 216 g/mol. The van der Waals surface area contributed by atoms with Crippen LogP contribution in [0.1, 0.15) is 34.6 Å². The maximum Gasteiger partial charge on any atom is 0.234 e. The lowest BCUT2D eigenvalue weighted by molar-refractivity contribution is -0.121. The van der Waals surface area contributed by atoms with E-state index in [9.17, 15) is 4.79 Å². The third kappa shape index (κ3) is 7.33. The largest absolute Gasteiger partial charge is 0.394 e. The van der Waals surface area contributed by atoms with Gasteiger partial charge in [0, 0.05) is 5.54 Å². The normalized spacial score (nSPS) is 14.1. The molecule has 90 valence electrons. The van der Waals surface area contributed by atoms with Crippen molar-refractivity contribution in [2.24, 2.45) is 5.92 Å². The number of aliphatic hydroxyl groups is 1. The number of hydrogen-bond acceptors (Lipinski definition) is 3. The number of carbonyl (C=O) groups is 1. The minimum atomic E-state index is -0.153. The fourth-order valence-electron chi connectivity index (χ4n) is 1.03. The monoisotopic (exact) mass is 216 g/mol. The van der Waals surface area contributed by atoms with E-state index in [1.807, 2.05) is 34.6 Å². The van der Waals surface area contributed by atoms with Gasteiger partial charge in [-0.25, -0.2) is 0 Å². The first-order valence-corrected chi connectivity index (χ1v) is 5.41. The van der Waals surface area contributed by atoms with Gasteiger partial charge in [-0.1, -0.05) is 13.8 Å². The number of carbonyl (C=O) groups excluding carboxylic acids is 1. The second-order valence-electron chi connectivity index (χ2n) is 5.20. The first kappa shape index (κ1) is 14.4. The quantitative estimate of drug-likeness (QED) is 0.627. The van der Waals surface area contributed by atoms with Crippen molar-refractivity contribution in [3.63, 3.8) is 0 Å². The Bertz CT molecular complexity index is 197. The molecule has 0 bridgehead atoms. The predicted molar refractivity (Wildman–Crippen MR) is 61.6 cm³/mol. The summed E-state index contributed by atoms with van der Waals surface area (Å²) in [5, 5.41) is 14.9. The minimum Gasteiger partial charge on any atom is -0.394 e. The van der Waals surface area contributed by atoms with Crippen LogP contribution in [-0.4, -0.2) is 35.7 Å². The molecule has 0 saturated carbocycles. The summed E-state index contributed by atoms with van der Waals surface area (Å²) in [4.78, 5) is 11.5. The van der Waals surface area contributed by atoms with E-state index in [1.165, 1.54) is 0 Å². The molecule has 0 fully saturated rings.